The number of amides is 4. The van der Waals surface area contributed by atoms with Gasteiger partial charge in [-0.15, -0.1) is 11.3 Å². The van der Waals surface area contributed by atoms with Gasteiger partial charge in [0.1, 0.15) is 41.4 Å². The number of ether oxygens (including phenoxy) is 2. The van der Waals surface area contributed by atoms with Crippen LogP contribution in [0.1, 0.15) is 118 Å². The van der Waals surface area contributed by atoms with Crippen molar-refractivity contribution >= 4 is 61.0 Å². The molecule has 5 N–H and O–H groups in total. The maximum absolute atomic E-state index is 14.9. The number of allylic oxidation sites excluding steroid dienone is 2. The molecule has 4 atom stereocenters. The first kappa shape index (κ1) is 48.5. The van der Waals surface area contributed by atoms with Crippen LogP contribution < -0.4 is 30.7 Å². The van der Waals surface area contributed by atoms with Gasteiger partial charge in [-0.1, -0.05) is 44.3 Å². The van der Waals surface area contributed by atoms with Crippen LogP contribution in [0.3, 0.4) is 0 Å². The average molecular weight is 924 g/mol. The second-order valence-electron chi connectivity index (χ2n) is 18.7. The number of hydrogen-bond acceptors (Lipinski definition) is 12. The summed E-state index contributed by atoms with van der Waals surface area (Å²) in [6.07, 6.45) is 10.4. The van der Waals surface area contributed by atoms with Gasteiger partial charge in [-0.25, -0.2) is 28.0 Å². The quantitative estimate of drug-likeness (QED) is 0.123. The van der Waals surface area contributed by atoms with Gasteiger partial charge in [-0.2, -0.15) is 0 Å². The summed E-state index contributed by atoms with van der Waals surface area (Å²) in [6.45, 7) is 8.97. The minimum Gasteiger partial charge on any atom is -0.497 e. The number of sulfone groups is 1. The van der Waals surface area contributed by atoms with E-state index in [0.717, 1.165) is 43.7 Å². The highest BCUT2D eigenvalue weighted by Gasteiger charge is 2.46. The number of carboxylic acids is 1. The molecule has 3 aliphatic rings. The van der Waals surface area contributed by atoms with Crippen LogP contribution in [0.2, 0.25) is 0 Å². The number of carbonyl (C=O) groups excluding carboxylic acids is 3. The molecule has 3 aromatic rings. The zero-order valence-corrected chi connectivity index (χ0v) is 39.5. The molecule has 1 saturated heterocycles. The molecule has 16 nitrogen and oxygen atoms in total. The zero-order valence-electron chi connectivity index (χ0n) is 37.9. The Labute approximate surface area is 380 Å². The fourth-order valence-electron chi connectivity index (χ4n) is 8.61. The van der Waals surface area contributed by atoms with Gasteiger partial charge in [0.25, 0.3) is 0 Å². The molecule has 64 heavy (non-hydrogen) atoms. The van der Waals surface area contributed by atoms with Crippen LogP contribution in [-0.2, 0) is 24.2 Å². The summed E-state index contributed by atoms with van der Waals surface area (Å²) in [4.78, 5) is 66.8. The van der Waals surface area contributed by atoms with Crippen molar-refractivity contribution in [1.29, 1.82) is 0 Å². The lowest BCUT2D eigenvalue weighted by atomic mass is 9.83. The smallest absolute Gasteiger partial charge is 0.326 e. The molecule has 4 heterocycles. The first-order valence-corrected chi connectivity index (χ1v) is 25.1. The number of methoxy groups -OCH3 is 1. The van der Waals surface area contributed by atoms with E-state index in [2.05, 4.69) is 21.3 Å². The first-order valence-electron chi connectivity index (χ1n) is 22.5. The molecule has 0 bridgehead atoms. The van der Waals surface area contributed by atoms with E-state index in [1.807, 2.05) is 37.4 Å². The van der Waals surface area contributed by atoms with Crippen molar-refractivity contribution in [2.75, 3.05) is 24.7 Å². The third kappa shape index (κ3) is 12.2. The summed E-state index contributed by atoms with van der Waals surface area (Å²) >= 11 is 1.45. The summed E-state index contributed by atoms with van der Waals surface area (Å²) in [5.74, 6) is -1.54. The second-order valence-corrected chi connectivity index (χ2v) is 22.3. The van der Waals surface area contributed by atoms with Crippen molar-refractivity contribution < 1.29 is 42.2 Å². The average Bonchev–Trinajstić information content (AvgIpc) is 3.88. The van der Waals surface area contributed by atoms with Crippen molar-refractivity contribution in [2.45, 2.75) is 159 Å². The molecular weight excluding hydrogens is 859 g/mol. The van der Waals surface area contributed by atoms with Gasteiger partial charge in [-0.05, 0) is 91.7 Å². The number of carboxylic acid groups (broad SMARTS) is 1. The van der Waals surface area contributed by atoms with Crippen molar-refractivity contribution in [3.63, 3.8) is 0 Å². The Balaban J connectivity index is 1.33. The molecule has 2 fully saturated rings. The van der Waals surface area contributed by atoms with Crippen LogP contribution >= 0.6 is 11.3 Å². The highest BCUT2D eigenvalue weighted by atomic mass is 32.2. The van der Waals surface area contributed by atoms with Crippen LogP contribution in [-0.4, -0.2) is 112 Å². The Bertz CT molecular complexity index is 2290. The van der Waals surface area contributed by atoms with Crippen molar-refractivity contribution in [1.82, 2.24) is 30.8 Å². The van der Waals surface area contributed by atoms with E-state index >= 15 is 0 Å². The molecule has 350 valence electrons. The van der Waals surface area contributed by atoms with Gasteiger partial charge in [0, 0.05) is 35.4 Å². The minimum atomic E-state index is -3.62. The highest BCUT2D eigenvalue weighted by Crippen LogP contribution is 2.36. The number of pyridine rings is 1. The third-order valence-electron chi connectivity index (χ3n) is 12.3. The maximum Gasteiger partial charge on any atom is 0.326 e. The number of thiazole rings is 1. The van der Waals surface area contributed by atoms with Crippen LogP contribution in [0.15, 0.2) is 41.8 Å². The van der Waals surface area contributed by atoms with Crippen LogP contribution in [0.5, 0.6) is 11.5 Å². The Morgan fingerprint density at radius 3 is 2.44 bits per heavy atom. The highest BCUT2D eigenvalue weighted by molar-refractivity contribution is 7.92. The number of rotatable bonds is 11. The van der Waals surface area contributed by atoms with E-state index in [-0.39, 0.29) is 37.6 Å². The number of fused-ring (bicyclic) bond motifs is 2. The van der Waals surface area contributed by atoms with E-state index in [1.54, 1.807) is 46.1 Å². The van der Waals surface area contributed by atoms with Crippen LogP contribution in [0, 0.1) is 0 Å². The molecule has 18 heteroatoms. The summed E-state index contributed by atoms with van der Waals surface area (Å²) in [7, 11) is -2.06. The molecule has 1 saturated carbocycles. The zero-order chi connectivity index (χ0) is 46.2. The predicted octanol–water partition coefficient (Wildman–Crippen LogP) is 6.99. The fourth-order valence-corrected chi connectivity index (χ4v) is 11.0. The molecule has 1 aliphatic carbocycles. The minimum absolute atomic E-state index is 0.0327. The van der Waals surface area contributed by atoms with Crippen LogP contribution in [0.25, 0.3) is 22.3 Å². The molecule has 2 aliphatic heterocycles. The van der Waals surface area contributed by atoms with Crippen molar-refractivity contribution in [3.05, 3.63) is 41.8 Å². The summed E-state index contributed by atoms with van der Waals surface area (Å²) in [5, 5.41) is 25.4. The molecule has 6 rings (SSSR count). The lowest BCUT2D eigenvalue weighted by molar-refractivity contribution is -0.144. The number of carbonyl (C=O) groups is 4. The standard InChI is InChI=1S/C46H65N7O9S2/c1-29(2)47-44-51-37(27-63-44)36-25-39(32-20-19-30(61-6)23-35(32)48-36)62-31-24-38-40(54)49-34(42(56)57)18-14-11-9-7-8-10-13-17-33(41(55)53(38)26-31)50-43(58)52-46(21-15-12-16-22-46)28-64(59,60)45(3,4)5/h9,11,19-20,23,25,27,29,31,33-34,38H,7-8,10,12-18,21-22,24,26,28H2,1-6H3,(H,47,51)(H,49,54)(H,56,57)(H2,50,52,58)/b11-9-/t31-,33+,34+,38+/m1/s1. The fraction of sp³-hybridized carbons (Fsp3) is 0.609. The number of nitrogens with one attached hydrogen (secondary N) is 4. The predicted molar refractivity (Wildman–Crippen MR) is 249 cm³/mol. The Morgan fingerprint density at radius 1 is 1.00 bits per heavy atom. The van der Waals surface area contributed by atoms with Crippen molar-refractivity contribution in [3.8, 4) is 22.9 Å². The Hall–Kier alpha value is -4.97. The molecular formula is C46H65N7O9S2. The van der Waals surface area contributed by atoms with Gasteiger partial charge in [-0.3, -0.25) is 9.59 Å². The summed E-state index contributed by atoms with van der Waals surface area (Å²) < 4.78 is 38.3. The van der Waals surface area contributed by atoms with E-state index in [0.29, 0.717) is 59.5 Å². The Kier molecular flexibility index (Phi) is 15.8. The Morgan fingerprint density at radius 2 is 1.73 bits per heavy atom. The monoisotopic (exact) mass is 923 g/mol. The normalized spacial score (nSPS) is 23.2. The molecule has 2 aromatic heterocycles. The number of anilines is 1. The number of aliphatic carboxylic acids is 1. The van der Waals surface area contributed by atoms with E-state index < -0.39 is 68.2 Å². The topological polar surface area (TPSA) is 218 Å². The molecule has 4 amide bonds. The molecule has 0 radical (unpaired) electrons. The number of aromatic nitrogens is 2. The van der Waals surface area contributed by atoms with Gasteiger partial charge in [0.15, 0.2) is 15.0 Å². The van der Waals surface area contributed by atoms with E-state index in [4.69, 9.17) is 19.4 Å². The van der Waals surface area contributed by atoms with Gasteiger partial charge < -0.3 is 40.7 Å². The van der Waals surface area contributed by atoms with Gasteiger partial charge in [0.05, 0.1) is 40.9 Å². The molecule has 1 aromatic carbocycles. The summed E-state index contributed by atoms with van der Waals surface area (Å²) in [5.41, 5.74) is 0.737. The first-order chi connectivity index (χ1) is 30.4. The molecule has 0 spiro atoms. The number of hydrogen-bond donors (Lipinski definition) is 5. The van der Waals surface area contributed by atoms with E-state index in [9.17, 15) is 32.7 Å². The number of benzene rings is 1. The van der Waals surface area contributed by atoms with Crippen LogP contribution in [0.4, 0.5) is 9.93 Å². The lowest BCUT2D eigenvalue weighted by Gasteiger charge is -2.40. The molecule has 0 unspecified atom stereocenters. The SMILES string of the molecule is COc1ccc2c(O[C@@H]3C[C@H]4C(=O)N[C@H](C(=O)O)CC/C=C\CCCCC[C@H](NC(=O)NC5(CS(=O)(=O)C(C)(C)C)CCCCC5)C(=O)N4C3)cc(-c3csc(NC(C)C)n3)nc2c1. The number of nitrogens with zero attached hydrogens (tertiary/aromatic N) is 3. The van der Waals surface area contributed by atoms with Crippen molar-refractivity contribution in [2.24, 2.45) is 0 Å². The van der Waals surface area contributed by atoms with Gasteiger partial charge in [0.2, 0.25) is 11.8 Å². The van der Waals surface area contributed by atoms with Gasteiger partial charge >= 0.3 is 12.0 Å². The largest absolute Gasteiger partial charge is 0.497 e. The van der Waals surface area contributed by atoms with E-state index in [1.165, 1.54) is 16.2 Å². The lowest BCUT2D eigenvalue weighted by Crippen LogP contribution is -2.61. The second kappa shape index (κ2) is 20.9. The number of urea groups is 1. The summed E-state index contributed by atoms with van der Waals surface area (Å²) in [6, 6.07) is 3.31. The maximum atomic E-state index is 14.9. The third-order valence-corrected chi connectivity index (χ3v) is 15.8.